The number of aliphatic imine (C=N–C) groups is 1. The van der Waals surface area contributed by atoms with Crippen LogP contribution in [0.4, 0.5) is 4.39 Å². The molecule has 0 bridgehead atoms. The van der Waals surface area contributed by atoms with E-state index in [1.54, 1.807) is 48.7 Å². The second-order valence-corrected chi connectivity index (χ2v) is 5.75. The Hall–Kier alpha value is -2.76. The third-order valence-corrected chi connectivity index (χ3v) is 3.56. The van der Waals surface area contributed by atoms with Crippen LogP contribution in [0, 0.1) is 5.41 Å². The van der Waals surface area contributed by atoms with Crippen LogP contribution in [0.25, 0.3) is 0 Å². The first kappa shape index (κ1) is 21.3. The van der Waals surface area contributed by atoms with Gasteiger partial charge < -0.3 is 10.2 Å². The van der Waals surface area contributed by atoms with Crippen molar-refractivity contribution < 1.29 is 19.4 Å². The van der Waals surface area contributed by atoms with E-state index in [9.17, 15) is 14.3 Å². The Kier molecular flexibility index (Phi) is 10.3. The van der Waals surface area contributed by atoms with Crippen LogP contribution in [0.15, 0.2) is 59.3 Å². The van der Waals surface area contributed by atoms with Gasteiger partial charge in [0.25, 0.3) is 0 Å². The Morgan fingerprint density at radius 3 is 2.69 bits per heavy atom. The van der Waals surface area contributed by atoms with Crippen molar-refractivity contribution in [2.24, 2.45) is 4.99 Å². The van der Waals surface area contributed by atoms with Crippen LogP contribution in [0.3, 0.4) is 0 Å². The minimum atomic E-state index is -1.17. The smallest absolute Gasteiger partial charge is 0.303 e. The summed E-state index contributed by atoms with van der Waals surface area (Å²) in [4.78, 5) is 14.1. The summed E-state index contributed by atoms with van der Waals surface area (Å²) in [6, 6.07) is 8.60. The zero-order valence-corrected chi connectivity index (χ0v) is 14.6. The van der Waals surface area contributed by atoms with E-state index < -0.39 is 12.1 Å². The number of carbonyl (C=O) groups is 1. The molecule has 0 aromatic heterocycles. The molecule has 0 spiro atoms. The highest BCUT2D eigenvalue weighted by Crippen LogP contribution is 2.21. The average Bonchev–Trinajstić information content (AvgIpc) is 2.67. The Bertz CT molecular complexity index is 654. The zero-order chi connectivity index (χ0) is 19.2. The molecule has 1 heterocycles. The van der Waals surface area contributed by atoms with E-state index in [1.807, 2.05) is 6.08 Å². The standard InChI is InChI=1S/C10H11FO2.C10H14N2O/c11-9(6-7-10(12)13)8-4-2-1-3-5-8;11-10-7-4-6-9(13)5-2-1-3-8-12-10/h1-5,9H,6-7H2,(H,12,13);1,3,5,8,11,13H,2,4,6-7H2/b;3-1-,9-5+,11-10?,12-8?. The Balaban J connectivity index is 0.000000260. The first-order chi connectivity index (χ1) is 12.5. The minimum Gasteiger partial charge on any atom is -0.513 e. The number of amidine groups is 1. The highest BCUT2D eigenvalue weighted by molar-refractivity contribution is 5.90. The molecule has 26 heavy (non-hydrogen) atoms. The maximum atomic E-state index is 13.2. The molecule has 0 amide bonds. The molecule has 6 heteroatoms. The maximum Gasteiger partial charge on any atom is 0.303 e. The summed E-state index contributed by atoms with van der Waals surface area (Å²) < 4.78 is 13.2. The van der Waals surface area contributed by atoms with Gasteiger partial charge in [-0.15, -0.1) is 0 Å². The number of hydrogen-bond acceptors (Lipinski definition) is 3. The van der Waals surface area contributed by atoms with Crippen LogP contribution >= 0.6 is 0 Å². The average molecular weight is 360 g/mol. The molecule has 1 aromatic carbocycles. The number of halogens is 1. The molecule has 140 valence electrons. The fraction of sp³-hybridized carbons (Fsp3) is 0.350. The van der Waals surface area contributed by atoms with Crippen LogP contribution in [0.1, 0.15) is 50.3 Å². The summed E-state index contributed by atoms with van der Waals surface area (Å²) >= 11 is 0. The summed E-state index contributed by atoms with van der Waals surface area (Å²) in [5, 5.41) is 25.1. The molecule has 0 aliphatic carbocycles. The molecule has 3 N–H and O–H groups in total. The van der Waals surface area contributed by atoms with Gasteiger partial charge in [-0.25, -0.2) is 9.38 Å². The van der Waals surface area contributed by atoms with Crippen molar-refractivity contribution in [2.45, 2.75) is 44.7 Å². The number of aliphatic hydroxyl groups excluding tert-OH is 1. The molecule has 5 nitrogen and oxygen atoms in total. The lowest BCUT2D eigenvalue weighted by Crippen LogP contribution is -1.98. The summed E-state index contributed by atoms with van der Waals surface area (Å²) in [5.74, 6) is -0.169. The minimum absolute atomic E-state index is 0.0410. The number of carboxylic acid groups (broad SMARTS) is 1. The van der Waals surface area contributed by atoms with Crippen molar-refractivity contribution in [3.8, 4) is 0 Å². The largest absolute Gasteiger partial charge is 0.513 e. The summed E-state index contributed by atoms with van der Waals surface area (Å²) in [6.45, 7) is 0. The van der Waals surface area contributed by atoms with Crippen LogP contribution < -0.4 is 0 Å². The van der Waals surface area contributed by atoms with Crippen LogP contribution in [0.5, 0.6) is 0 Å². The Morgan fingerprint density at radius 1 is 1.27 bits per heavy atom. The predicted octanol–water partition coefficient (Wildman–Crippen LogP) is 5.17. The van der Waals surface area contributed by atoms with E-state index in [2.05, 4.69) is 4.99 Å². The van der Waals surface area contributed by atoms with Crippen molar-refractivity contribution in [3.63, 3.8) is 0 Å². The highest BCUT2D eigenvalue weighted by atomic mass is 19.1. The van der Waals surface area contributed by atoms with Crippen LogP contribution in [-0.4, -0.2) is 28.2 Å². The number of alkyl halides is 1. The van der Waals surface area contributed by atoms with Gasteiger partial charge >= 0.3 is 5.97 Å². The third-order valence-electron chi connectivity index (χ3n) is 3.56. The summed E-state index contributed by atoms with van der Waals surface area (Å²) in [5.41, 5.74) is 0.545. The lowest BCUT2D eigenvalue weighted by Gasteiger charge is -2.05. The van der Waals surface area contributed by atoms with E-state index in [0.717, 1.165) is 12.8 Å². The van der Waals surface area contributed by atoms with Gasteiger partial charge in [-0.2, -0.15) is 0 Å². The second kappa shape index (κ2) is 12.6. The summed E-state index contributed by atoms with van der Waals surface area (Å²) in [7, 11) is 0. The molecule has 0 saturated carbocycles. The number of aliphatic hydroxyl groups is 1. The first-order valence-corrected chi connectivity index (χ1v) is 8.54. The third kappa shape index (κ3) is 10.2. The molecule has 0 saturated heterocycles. The molecule has 1 aliphatic rings. The van der Waals surface area contributed by atoms with E-state index >= 15 is 0 Å². The molecule has 1 atom stereocenters. The van der Waals surface area contributed by atoms with E-state index in [4.69, 9.17) is 10.5 Å². The van der Waals surface area contributed by atoms with Gasteiger partial charge in [0.2, 0.25) is 0 Å². The topological polar surface area (TPSA) is 93.7 Å². The van der Waals surface area contributed by atoms with Crippen molar-refractivity contribution in [3.05, 3.63) is 59.9 Å². The highest BCUT2D eigenvalue weighted by Gasteiger charge is 2.10. The molecule has 2 rings (SSSR count). The van der Waals surface area contributed by atoms with E-state index in [1.165, 1.54) is 0 Å². The fourth-order valence-corrected chi connectivity index (χ4v) is 2.16. The predicted molar refractivity (Wildman–Crippen MR) is 102 cm³/mol. The van der Waals surface area contributed by atoms with Gasteiger partial charge in [0.1, 0.15) is 12.0 Å². The number of carboxylic acids is 1. The molecule has 1 aliphatic heterocycles. The zero-order valence-electron chi connectivity index (χ0n) is 14.6. The Morgan fingerprint density at radius 2 is 2.00 bits per heavy atom. The van der Waals surface area contributed by atoms with Gasteiger partial charge in [0, 0.05) is 25.5 Å². The molecule has 1 unspecified atom stereocenters. The molecule has 0 fully saturated rings. The maximum absolute atomic E-state index is 13.2. The van der Waals surface area contributed by atoms with E-state index in [-0.39, 0.29) is 12.8 Å². The quantitative estimate of drug-likeness (QED) is 0.691. The second-order valence-electron chi connectivity index (χ2n) is 5.75. The van der Waals surface area contributed by atoms with Gasteiger partial charge in [0.05, 0.1) is 5.76 Å². The van der Waals surface area contributed by atoms with Crippen molar-refractivity contribution >= 4 is 18.0 Å². The van der Waals surface area contributed by atoms with Crippen molar-refractivity contribution in [2.75, 3.05) is 0 Å². The number of nitrogens with zero attached hydrogens (tertiary/aromatic N) is 1. The number of hydrogen-bond donors (Lipinski definition) is 3. The van der Waals surface area contributed by atoms with Gasteiger partial charge in [-0.3, -0.25) is 10.2 Å². The van der Waals surface area contributed by atoms with Crippen LogP contribution in [-0.2, 0) is 4.79 Å². The number of rotatable bonds is 4. The SMILES string of the molecule is N=C1CCC/C(O)=C\C/C=C\C=N1.O=C(O)CCC(F)c1ccccc1. The number of benzene rings is 1. The van der Waals surface area contributed by atoms with Gasteiger partial charge in [-0.05, 0) is 37.0 Å². The lowest BCUT2D eigenvalue weighted by molar-refractivity contribution is -0.137. The van der Waals surface area contributed by atoms with E-state index in [0.29, 0.717) is 30.0 Å². The molecular formula is C20H25FN2O3. The van der Waals surface area contributed by atoms with Crippen molar-refractivity contribution in [1.29, 1.82) is 5.41 Å². The summed E-state index contributed by atoms with van der Waals surface area (Å²) in [6.07, 6.45) is 8.64. The monoisotopic (exact) mass is 360 g/mol. The van der Waals surface area contributed by atoms with Gasteiger partial charge in [0.15, 0.2) is 0 Å². The molecule has 0 radical (unpaired) electrons. The number of aliphatic carboxylic acids is 1. The fourth-order valence-electron chi connectivity index (χ4n) is 2.16. The number of nitrogens with one attached hydrogen (secondary N) is 1. The normalized spacial score (nSPS) is 19.1. The first-order valence-electron chi connectivity index (χ1n) is 8.54. The van der Waals surface area contributed by atoms with Gasteiger partial charge in [-0.1, -0.05) is 36.4 Å². The number of allylic oxidation sites excluding steroid dienone is 4. The Labute approximate surface area is 153 Å². The van der Waals surface area contributed by atoms with Crippen molar-refractivity contribution in [1.82, 2.24) is 0 Å². The van der Waals surface area contributed by atoms with Crippen LogP contribution in [0.2, 0.25) is 0 Å². The molecular weight excluding hydrogens is 335 g/mol. The molecule has 1 aromatic rings. The lowest BCUT2D eigenvalue weighted by atomic mass is 10.1.